The molecule has 1 aliphatic carbocycles. The highest BCUT2D eigenvalue weighted by Gasteiger charge is 2.38. The zero-order chi connectivity index (χ0) is 10.1. The number of aryl methyl sites for hydroxylation is 1. The van der Waals surface area contributed by atoms with Crippen LogP contribution in [0.15, 0.2) is 10.5 Å². The van der Waals surface area contributed by atoms with Crippen molar-refractivity contribution in [1.29, 1.82) is 0 Å². The van der Waals surface area contributed by atoms with Crippen molar-refractivity contribution in [3.05, 3.63) is 20.3 Å². The molecular weight excluding hydrogens is 258 g/mol. The highest BCUT2D eigenvalue weighted by Crippen LogP contribution is 2.50. The van der Waals surface area contributed by atoms with Gasteiger partial charge >= 0.3 is 0 Å². The first kappa shape index (κ1) is 10.7. The van der Waals surface area contributed by atoms with E-state index in [0.717, 1.165) is 18.4 Å². The summed E-state index contributed by atoms with van der Waals surface area (Å²) in [5.41, 5.74) is 0. The molecule has 1 fully saturated rings. The predicted molar refractivity (Wildman–Crippen MR) is 66.1 cm³/mol. The molecule has 2 atom stereocenters. The van der Waals surface area contributed by atoms with Crippen molar-refractivity contribution in [2.24, 2.45) is 5.92 Å². The maximum Gasteiger partial charge on any atom is 0.0314 e. The summed E-state index contributed by atoms with van der Waals surface area (Å²) < 4.78 is 1.28. The molecule has 1 N–H and O–H groups in total. The molecule has 0 bridgehead atoms. The summed E-state index contributed by atoms with van der Waals surface area (Å²) in [6, 6.07) is 2.30. The van der Waals surface area contributed by atoms with Crippen molar-refractivity contribution >= 4 is 27.3 Å². The van der Waals surface area contributed by atoms with Crippen LogP contribution < -0.4 is 5.32 Å². The second kappa shape index (κ2) is 4.33. The van der Waals surface area contributed by atoms with E-state index in [1.165, 1.54) is 22.3 Å². The highest BCUT2D eigenvalue weighted by molar-refractivity contribution is 9.10. The number of halogens is 1. The Morgan fingerprint density at radius 3 is 3.00 bits per heavy atom. The van der Waals surface area contributed by atoms with Crippen LogP contribution in [0.2, 0.25) is 0 Å². The molecule has 0 aliphatic heterocycles. The maximum atomic E-state index is 3.58. The summed E-state index contributed by atoms with van der Waals surface area (Å²) in [6.07, 6.45) is 1.37. The van der Waals surface area contributed by atoms with Gasteiger partial charge in [-0.25, -0.2) is 0 Å². The zero-order valence-electron chi connectivity index (χ0n) is 8.64. The minimum atomic E-state index is 0.837. The SMILES string of the molecule is CCNCC1CC1c1cc(Br)c(C)s1. The van der Waals surface area contributed by atoms with Gasteiger partial charge in [0.15, 0.2) is 0 Å². The van der Waals surface area contributed by atoms with Gasteiger partial charge in [0.25, 0.3) is 0 Å². The molecule has 3 heteroatoms. The Morgan fingerprint density at radius 1 is 1.64 bits per heavy atom. The molecule has 0 saturated heterocycles. The summed E-state index contributed by atoms with van der Waals surface area (Å²) in [4.78, 5) is 2.98. The van der Waals surface area contributed by atoms with Gasteiger partial charge in [-0.1, -0.05) is 6.92 Å². The average molecular weight is 274 g/mol. The van der Waals surface area contributed by atoms with Gasteiger partial charge in [-0.15, -0.1) is 11.3 Å². The van der Waals surface area contributed by atoms with Crippen molar-refractivity contribution in [3.8, 4) is 0 Å². The lowest BCUT2D eigenvalue weighted by Crippen LogP contribution is -2.15. The van der Waals surface area contributed by atoms with E-state index < -0.39 is 0 Å². The second-order valence-corrected chi connectivity index (χ2v) is 6.11. The highest BCUT2D eigenvalue weighted by atomic mass is 79.9. The van der Waals surface area contributed by atoms with Crippen LogP contribution in [0.4, 0.5) is 0 Å². The van der Waals surface area contributed by atoms with E-state index in [1.54, 1.807) is 4.88 Å². The van der Waals surface area contributed by atoms with Crippen LogP contribution in [0, 0.1) is 12.8 Å². The number of rotatable bonds is 4. The van der Waals surface area contributed by atoms with Gasteiger partial charge in [-0.3, -0.25) is 0 Å². The Labute approximate surface area is 98.0 Å². The van der Waals surface area contributed by atoms with E-state index in [4.69, 9.17) is 0 Å². The third kappa shape index (κ3) is 2.20. The molecule has 78 valence electrons. The van der Waals surface area contributed by atoms with Gasteiger partial charge in [0, 0.05) is 14.2 Å². The molecule has 1 saturated carbocycles. The van der Waals surface area contributed by atoms with Crippen LogP contribution in [0.3, 0.4) is 0 Å². The predicted octanol–water partition coefficient (Wildman–Crippen LogP) is 3.53. The standard InChI is InChI=1S/C11H16BrNS/c1-3-13-6-8-4-9(8)11-5-10(12)7(2)14-11/h5,8-9,13H,3-4,6H2,1-2H3. The molecule has 0 amide bonds. The number of thiophene rings is 1. The fourth-order valence-corrected chi connectivity index (χ4v) is 3.58. The summed E-state index contributed by atoms with van der Waals surface area (Å²) >= 11 is 5.53. The lowest BCUT2D eigenvalue weighted by molar-refractivity contribution is 0.651. The third-order valence-electron chi connectivity index (χ3n) is 2.82. The van der Waals surface area contributed by atoms with Crippen molar-refractivity contribution < 1.29 is 0 Å². The van der Waals surface area contributed by atoms with Crippen LogP contribution >= 0.6 is 27.3 Å². The van der Waals surface area contributed by atoms with E-state index in [-0.39, 0.29) is 0 Å². The minimum Gasteiger partial charge on any atom is -0.317 e. The molecule has 1 aromatic rings. The molecule has 0 aromatic carbocycles. The first-order valence-electron chi connectivity index (χ1n) is 5.19. The molecule has 1 nitrogen and oxygen atoms in total. The van der Waals surface area contributed by atoms with E-state index in [9.17, 15) is 0 Å². The van der Waals surface area contributed by atoms with Crippen LogP contribution in [0.5, 0.6) is 0 Å². The Hall–Kier alpha value is 0.140. The summed E-state index contributed by atoms with van der Waals surface area (Å²) in [7, 11) is 0. The molecule has 1 aromatic heterocycles. The minimum absolute atomic E-state index is 0.837. The van der Waals surface area contributed by atoms with Crippen molar-refractivity contribution in [3.63, 3.8) is 0 Å². The molecule has 14 heavy (non-hydrogen) atoms. The second-order valence-electron chi connectivity index (χ2n) is 3.96. The van der Waals surface area contributed by atoms with E-state index in [2.05, 4.69) is 41.2 Å². The number of nitrogens with one attached hydrogen (secondary N) is 1. The smallest absolute Gasteiger partial charge is 0.0314 e. The summed E-state index contributed by atoms with van der Waals surface area (Å²) in [5, 5.41) is 3.42. The van der Waals surface area contributed by atoms with Gasteiger partial charge in [0.05, 0.1) is 0 Å². The van der Waals surface area contributed by atoms with Gasteiger partial charge in [-0.2, -0.15) is 0 Å². The van der Waals surface area contributed by atoms with Gasteiger partial charge in [-0.05, 0) is 60.3 Å². The molecule has 1 heterocycles. The van der Waals surface area contributed by atoms with E-state index >= 15 is 0 Å². The molecule has 2 rings (SSSR count). The Balaban J connectivity index is 1.92. The van der Waals surface area contributed by atoms with Gasteiger partial charge in [0.2, 0.25) is 0 Å². The van der Waals surface area contributed by atoms with Crippen LogP contribution in [-0.2, 0) is 0 Å². The van der Waals surface area contributed by atoms with Gasteiger partial charge < -0.3 is 5.32 Å². The van der Waals surface area contributed by atoms with Gasteiger partial charge in [0.1, 0.15) is 0 Å². The summed E-state index contributed by atoms with van der Waals surface area (Å²) in [6.45, 7) is 6.63. The molecular formula is C11H16BrNS. The third-order valence-corrected chi connectivity index (χ3v) is 5.09. The topological polar surface area (TPSA) is 12.0 Å². The van der Waals surface area contributed by atoms with E-state index in [1.807, 2.05) is 11.3 Å². The Bertz CT molecular complexity index is 302. The molecule has 0 spiro atoms. The lowest BCUT2D eigenvalue weighted by atomic mass is 10.2. The zero-order valence-corrected chi connectivity index (χ0v) is 11.0. The maximum absolute atomic E-state index is 3.58. The number of hydrogen-bond donors (Lipinski definition) is 1. The van der Waals surface area contributed by atoms with Crippen molar-refractivity contribution in [2.75, 3.05) is 13.1 Å². The van der Waals surface area contributed by atoms with Crippen molar-refractivity contribution in [2.45, 2.75) is 26.2 Å². The summed E-state index contributed by atoms with van der Waals surface area (Å²) in [5.74, 6) is 1.73. The largest absolute Gasteiger partial charge is 0.317 e. The van der Waals surface area contributed by atoms with Crippen LogP contribution in [0.1, 0.15) is 29.0 Å². The average Bonchev–Trinajstić information content (AvgIpc) is 2.85. The van der Waals surface area contributed by atoms with Crippen LogP contribution in [0.25, 0.3) is 0 Å². The molecule has 1 aliphatic rings. The normalized spacial score (nSPS) is 25.4. The first-order valence-corrected chi connectivity index (χ1v) is 6.80. The Kier molecular flexibility index (Phi) is 3.30. The monoisotopic (exact) mass is 273 g/mol. The molecule has 2 unspecified atom stereocenters. The van der Waals surface area contributed by atoms with Crippen LogP contribution in [-0.4, -0.2) is 13.1 Å². The van der Waals surface area contributed by atoms with Crippen molar-refractivity contribution in [1.82, 2.24) is 5.32 Å². The number of hydrogen-bond acceptors (Lipinski definition) is 2. The first-order chi connectivity index (χ1) is 6.72. The fraction of sp³-hybridized carbons (Fsp3) is 0.636. The molecule has 0 radical (unpaired) electrons. The van der Waals surface area contributed by atoms with E-state index in [0.29, 0.717) is 0 Å². The fourth-order valence-electron chi connectivity index (χ4n) is 1.82. The Morgan fingerprint density at radius 2 is 2.43 bits per heavy atom. The quantitative estimate of drug-likeness (QED) is 0.885. The lowest BCUT2D eigenvalue weighted by Gasteiger charge is -1.98.